The number of carbonyl (C=O) groups is 4. The molecule has 3 N–H and O–H groups in total. The van der Waals surface area contributed by atoms with Gasteiger partial charge in [0.15, 0.2) is 0 Å². The lowest BCUT2D eigenvalue weighted by atomic mass is 9.92. The standard InChI is InChI=1S/C27H41N3O7/c1-16(2)15-21-23(31)28-20(25(33)35-7)9-8-14-36-19-12-10-18(11-13-19)17(3)22(24(32)29-21)30-26(34)37-27(4,5)6/h10-13,16-17,20-22H,8-9,14-15H2,1-7H3,(H,28,31)(H,29,32)(H,30,34)/t17-,20-,21-,22?/m0/s1. The average Bonchev–Trinajstić information content (AvgIpc) is 2.81. The predicted molar refractivity (Wildman–Crippen MR) is 138 cm³/mol. The number of ether oxygens (including phenoxy) is 3. The summed E-state index contributed by atoms with van der Waals surface area (Å²) in [6.45, 7) is 11.2. The Morgan fingerprint density at radius 3 is 2.32 bits per heavy atom. The summed E-state index contributed by atoms with van der Waals surface area (Å²) in [7, 11) is 1.26. The second-order valence-corrected chi connectivity index (χ2v) is 10.7. The Kier molecular flexibility index (Phi) is 10.8. The van der Waals surface area contributed by atoms with Gasteiger partial charge in [0.25, 0.3) is 0 Å². The minimum atomic E-state index is -1.03. The van der Waals surface area contributed by atoms with Crippen LogP contribution in [0.4, 0.5) is 4.79 Å². The van der Waals surface area contributed by atoms with Gasteiger partial charge in [-0.2, -0.15) is 0 Å². The van der Waals surface area contributed by atoms with E-state index in [1.807, 2.05) is 32.9 Å². The lowest BCUT2D eigenvalue weighted by Crippen LogP contribution is -2.57. The van der Waals surface area contributed by atoms with Gasteiger partial charge in [-0.1, -0.05) is 32.9 Å². The number of hydrogen-bond donors (Lipinski definition) is 3. The molecule has 1 unspecified atom stereocenters. The van der Waals surface area contributed by atoms with Crippen LogP contribution in [-0.2, 0) is 23.9 Å². The molecule has 4 atom stereocenters. The summed E-state index contributed by atoms with van der Waals surface area (Å²) in [6.07, 6.45) is 0.390. The maximum atomic E-state index is 13.6. The number of nitrogens with one attached hydrogen (secondary N) is 3. The summed E-state index contributed by atoms with van der Waals surface area (Å²) in [5, 5.41) is 8.20. The molecular weight excluding hydrogens is 478 g/mol. The van der Waals surface area contributed by atoms with Crippen molar-refractivity contribution in [1.82, 2.24) is 16.0 Å². The zero-order chi connectivity index (χ0) is 27.8. The number of fused-ring (bicyclic) bond motifs is 13. The van der Waals surface area contributed by atoms with Gasteiger partial charge >= 0.3 is 12.1 Å². The van der Waals surface area contributed by atoms with E-state index in [-0.39, 0.29) is 5.92 Å². The highest BCUT2D eigenvalue weighted by Gasteiger charge is 2.34. The molecule has 0 spiro atoms. The van der Waals surface area contributed by atoms with E-state index in [4.69, 9.17) is 14.2 Å². The first kappa shape index (κ1) is 29.9. The Morgan fingerprint density at radius 2 is 1.76 bits per heavy atom. The highest BCUT2D eigenvalue weighted by molar-refractivity contribution is 5.93. The van der Waals surface area contributed by atoms with Crippen LogP contribution >= 0.6 is 0 Å². The molecular formula is C27H41N3O7. The number of esters is 1. The maximum absolute atomic E-state index is 13.6. The predicted octanol–water partition coefficient (Wildman–Crippen LogP) is 3.04. The SMILES string of the molecule is COC(=O)[C@@H]1CCCOc2ccc(cc2)[C@H](C)C(NC(=O)OC(C)(C)C)C(=O)N[C@@H](CC(C)C)C(=O)N1. The summed E-state index contributed by atoms with van der Waals surface area (Å²) in [4.78, 5) is 51.8. The average molecular weight is 520 g/mol. The van der Waals surface area contributed by atoms with Crippen LogP contribution in [0.25, 0.3) is 0 Å². The summed E-state index contributed by atoms with van der Waals surface area (Å²) in [5.41, 5.74) is 0.0376. The second-order valence-electron chi connectivity index (χ2n) is 10.7. The van der Waals surface area contributed by atoms with Crippen LogP contribution in [0.3, 0.4) is 0 Å². The molecule has 10 heteroatoms. The third kappa shape index (κ3) is 9.59. The summed E-state index contributed by atoms with van der Waals surface area (Å²) in [6, 6.07) is 4.40. The molecule has 0 saturated carbocycles. The van der Waals surface area contributed by atoms with Crippen molar-refractivity contribution in [2.45, 2.75) is 90.4 Å². The van der Waals surface area contributed by atoms with Crippen LogP contribution in [0.1, 0.15) is 72.3 Å². The topological polar surface area (TPSA) is 132 Å². The third-order valence-corrected chi connectivity index (χ3v) is 5.91. The number of alkyl carbamates (subject to hydrolysis) is 1. The molecule has 0 aliphatic carbocycles. The van der Waals surface area contributed by atoms with Crippen molar-refractivity contribution in [2.75, 3.05) is 13.7 Å². The van der Waals surface area contributed by atoms with Crippen molar-refractivity contribution in [1.29, 1.82) is 0 Å². The fraction of sp³-hybridized carbons (Fsp3) is 0.630. The molecule has 0 aromatic heterocycles. The Bertz CT molecular complexity index is 940. The van der Waals surface area contributed by atoms with E-state index in [2.05, 4.69) is 16.0 Å². The number of benzene rings is 1. The van der Waals surface area contributed by atoms with Crippen molar-refractivity contribution in [3.8, 4) is 5.75 Å². The quantitative estimate of drug-likeness (QED) is 0.521. The first-order valence-corrected chi connectivity index (χ1v) is 12.7. The normalized spacial score (nSPS) is 23.5. The van der Waals surface area contributed by atoms with Crippen LogP contribution in [0.15, 0.2) is 24.3 Å². The van der Waals surface area contributed by atoms with Crippen LogP contribution in [0.2, 0.25) is 0 Å². The van der Waals surface area contributed by atoms with E-state index in [0.717, 1.165) is 5.56 Å². The molecule has 2 aliphatic heterocycles. The molecule has 206 valence electrons. The summed E-state index contributed by atoms with van der Waals surface area (Å²) >= 11 is 0. The van der Waals surface area contributed by atoms with E-state index in [9.17, 15) is 19.2 Å². The van der Waals surface area contributed by atoms with E-state index in [0.29, 0.717) is 31.6 Å². The number of rotatable bonds is 4. The molecule has 2 bridgehead atoms. The van der Waals surface area contributed by atoms with Crippen LogP contribution < -0.4 is 20.7 Å². The van der Waals surface area contributed by atoms with Gasteiger partial charge in [0.1, 0.15) is 29.5 Å². The van der Waals surface area contributed by atoms with Crippen molar-refractivity contribution < 1.29 is 33.4 Å². The number of amides is 3. The maximum Gasteiger partial charge on any atom is 0.408 e. The van der Waals surface area contributed by atoms with Gasteiger partial charge in [0.2, 0.25) is 11.8 Å². The molecule has 2 heterocycles. The van der Waals surface area contributed by atoms with Gasteiger partial charge in [-0.3, -0.25) is 9.59 Å². The Labute approximate surface area is 219 Å². The fourth-order valence-electron chi connectivity index (χ4n) is 4.02. The monoisotopic (exact) mass is 519 g/mol. The Hall–Kier alpha value is -3.30. The summed E-state index contributed by atoms with van der Waals surface area (Å²) < 4.78 is 16.1. The van der Waals surface area contributed by atoms with Gasteiger partial charge in [-0.05, 0) is 63.6 Å². The zero-order valence-electron chi connectivity index (χ0n) is 22.9. The van der Waals surface area contributed by atoms with Crippen LogP contribution in [0, 0.1) is 5.92 Å². The van der Waals surface area contributed by atoms with Gasteiger partial charge in [0, 0.05) is 5.92 Å². The van der Waals surface area contributed by atoms with Gasteiger partial charge in [-0.25, -0.2) is 9.59 Å². The lowest BCUT2D eigenvalue weighted by Gasteiger charge is -2.29. The van der Waals surface area contributed by atoms with Crippen LogP contribution in [0.5, 0.6) is 5.75 Å². The zero-order valence-corrected chi connectivity index (χ0v) is 22.9. The smallest absolute Gasteiger partial charge is 0.408 e. The van der Waals surface area contributed by atoms with E-state index < -0.39 is 53.5 Å². The minimum absolute atomic E-state index is 0.0638. The van der Waals surface area contributed by atoms with Crippen molar-refractivity contribution in [3.05, 3.63) is 29.8 Å². The molecule has 2 aliphatic rings. The molecule has 3 amide bonds. The van der Waals surface area contributed by atoms with E-state index in [1.54, 1.807) is 32.9 Å². The lowest BCUT2D eigenvalue weighted by molar-refractivity contribution is -0.145. The van der Waals surface area contributed by atoms with Crippen molar-refractivity contribution in [2.24, 2.45) is 5.92 Å². The molecule has 0 fully saturated rings. The van der Waals surface area contributed by atoms with Gasteiger partial charge in [-0.15, -0.1) is 0 Å². The van der Waals surface area contributed by atoms with E-state index >= 15 is 0 Å². The highest BCUT2D eigenvalue weighted by Crippen LogP contribution is 2.24. The Morgan fingerprint density at radius 1 is 1.11 bits per heavy atom. The number of hydrogen-bond acceptors (Lipinski definition) is 7. The molecule has 1 aromatic carbocycles. The Balaban J connectivity index is 2.44. The first-order chi connectivity index (χ1) is 17.3. The third-order valence-electron chi connectivity index (χ3n) is 5.91. The van der Waals surface area contributed by atoms with E-state index in [1.165, 1.54) is 7.11 Å². The van der Waals surface area contributed by atoms with Gasteiger partial charge in [0.05, 0.1) is 13.7 Å². The van der Waals surface area contributed by atoms with Crippen LogP contribution in [-0.4, -0.2) is 61.3 Å². The fourth-order valence-corrected chi connectivity index (χ4v) is 4.02. The first-order valence-electron chi connectivity index (χ1n) is 12.7. The van der Waals surface area contributed by atoms with Crippen molar-refractivity contribution in [3.63, 3.8) is 0 Å². The number of methoxy groups -OCH3 is 1. The second kappa shape index (κ2) is 13.3. The summed E-state index contributed by atoms with van der Waals surface area (Å²) in [5.74, 6) is -1.39. The molecule has 0 saturated heterocycles. The highest BCUT2D eigenvalue weighted by atomic mass is 16.6. The molecule has 3 rings (SSSR count). The van der Waals surface area contributed by atoms with Crippen molar-refractivity contribution >= 4 is 23.9 Å². The molecule has 37 heavy (non-hydrogen) atoms. The largest absolute Gasteiger partial charge is 0.494 e. The molecule has 0 radical (unpaired) electrons. The minimum Gasteiger partial charge on any atom is -0.494 e. The van der Waals surface area contributed by atoms with Gasteiger partial charge < -0.3 is 30.2 Å². The number of carbonyl (C=O) groups excluding carboxylic acids is 4. The molecule has 10 nitrogen and oxygen atoms in total. The molecule has 1 aromatic rings.